The molecule has 0 saturated carbocycles. The molecule has 6 nitrogen and oxygen atoms in total. The van der Waals surface area contributed by atoms with Gasteiger partial charge in [0.25, 0.3) is 11.5 Å². The first-order chi connectivity index (χ1) is 9.34. The average Bonchev–Trinajstić information content (AvgIpc) is 2.38. The van der Waals surface area contributed by atoms with Gasteiger partial charge < -0.3 is 5.73 Å². The molecule has 0 unspecified atom stereocenters. The monoisotopic (exact) mass is 264 g/mol. The van der Waals surface area contributed by atoms with Crippen LogP contribution in [0, 0.1) is 0 Å². The van der Waals surface area contributed by atoms with Crippen molar-refractivity contribution in [2.75, 3.05) is 0 Å². The summed E-state index contributed by atoms with van der Waals surface area (Å²) in [5.74, 6) is -0.857. The minimum absolute atomic E-state index is 0.00736. The minimum Gasteiger partial charge on any atom is -0.364 e. The molecule has 20 heavy (non-hydrogen) atoms. The summed E-state index contributed by atoms with van der Waals surface area (Å²) in [6.07, 6.45) is 1.25. The van der Waals surface area contributed by atoms with Crippen LogP contribution in [0.3, 0.4) is 0 Å². The van der Waals surface area contributed by atoms with Gasteiger partial charge in [0.1, 0.15) is 29.1 Å². The van der Waals surface area contributed by atoms with Gasteiger partial charge in [0.05, 0.1) is 0 Å². The molecule has 0 aromatic carbocycles. The number of carbonyl (C=O) groups excluding carboxylic acids is 1. The quantitative estimate of drug-likeness (QED) is 0.543. The zero-order valence-electron chi connectivity index (χ0n) is 11.2. The third-order valence-corrected chi connectivity index (χ3v) is 2.26. The van der Waals surface area contributed by atoms with Gasteiger partial charge in [-0.1, -0.05) is 31.2 Å². The van der Waals surface area contributed by atoms with Gasteiger partial charge in [0, 0.05) is 5.39 Å². The van der Waals surface area contributed by atoms with Gasteiger partial charge in [-0.3, -0.25) is 14.6 Å². The molecule has 2 aromatic heterocycles. The van der Waals surface area contributed by atoms with Crippen LogP contribution in [0.25, 0.3) is 10.9 Å². The normalized spacial score (nSPS) is 9.90. The van der Waals surface area contributed by atoms with E-state index in [2.05, 4.69) is 29.0 Å². The molecule has 2 heterocycles. The third-order valence-electron chi connectivity index (χ3n) is 2.26. The number of aromatic amines is 1. The Balaban J connectivity index is 0.000000612. The van der Waals surface area contributed by atoms with Gasteiger partial charge in [0.2, 0.25) is 0 Å². The third kappa shape index (κ3) is 2.92. The van der Waals surface area contributed by atoms with Gasteiger partial charge in [0.15, 0.2) is 5.69 Å². The van der Waals surface area contributed by atoms with Crippen molar-refractivity contribution in [1.29, 1.82) is 0 Å². The molecule has 2 aromatic rings. The second-order valence-electron chi connectivity index (χ2n) is 4.02. The molecule has 9 heteroatoms. The van der Waals surface area contributed by atoms with Crippen LogP contribution >= 0.6 is 0 Å². The molecule has 1 amide bonds. The molecule has 0 saturated heterocycles. The van der Waals surface area contributed by atoms with E-state index >= 15 is 0 Å². The molecule has 0 aliphatic heterocycles. The first-order valence-electron chi connectivity index (χ1n) is 5.87. The molecular weight excluding hydrogens is 253 g/mol. The number of amides is 1. The number of rotatable bonds is 1. The SMILES string of the molecule is CCC.[B]c1nc2c(=O)[nH]nc(C(N)=O)c2c([B])c1[B]. The number of hydrogen-bond donors (Lipinski definition) is 2. The number of nitrogens with two attached hydrogens (primary N) is 1. The summed E-state index contributed by atoms with van der Waals surface area (Å²) in [7, 11) is 16.7. The van der Waals surface area contributed by atoms with E-state index in [4.69, 9.17) is 29.3 Å². The predicted octanol–water partition coefficient (Wildman–Crippen LogP) is -2.79. The Morgan fingerprint density at radius 2 is 1.80 bits per heavy atom. The Hall–Kier alpha value is -2.05. The number of nitrogens with one attached hydrogen (secondary N) is 1. The average molecular weight is 264 g/mol. The first kappa shape index (κ1) is 16.0. The van der Waals surface area contributed by atoms with Crippen molar-refractivity contribution < 1.29 is 4.79 Å². The van der Waals surface area contributed by atoms with Crippen LogP contribution in [0.5, 0.6) is 0 Å². The van der Waals surface area contributed by atoms with Crippen molar-refractivity contribution in [2.45, 2.75) is 20.3 Å². The Kier molecular flexibility index (Phi) is 5.13. The van der Waals surface area contributed by atoms with Crippen LogP contribution in [-0.2, 0) is 0 Å². The fourth-order valence-electron chi connectivity index (χ4n) is 1.43. The van der Waals surface area contributed by atoms with Crippen molar-refractivity contribution in [1.82, 2.24) is 15.2 Å². The van der Waals surface area contributed by atoms with Crippen molar-refractivity contribution in [3.63, 3.8) is 0 Å². The number of primary amides is 1. The highest BCUT2D eigenvalue weighted by Crippen LogP contribution is 2.04. The lowest BCUT2D eigenvalue weighted by molar-refractivity contribution is 0.0996. The Labute approximate surface area is 119 Å². The fraction of sp³-hybridized carbons (Fsp3) is 0.273. The molecule has 0 atom stereocenters. The van der Waals surface area contributed by atoms with E-state index in [1.807, 2.05) is 0 Å². The summed E-state index contributed by atoms with van der Waals surface area (Å²) in [5, 5.41) is 5.59. The zero-order chi connectivity index (χ0) is 15.4. The lowest BCUT2D eigenvalue weighted by Crippen LogP contribution is -2.43. The molecule has 6 radical (unpaired) electrons. The number of aromatic nitrogens is 3. The predicted molar refractivity (Wildman–Crippen MR) is 80.8 cm³/mol. The van der Waals surface area contributed by atoms with Crippen molar-refractivity contribution in [2.24, 2.45) is 5.73 Å². The second kappa shape index (κ2) is 6.41. The highest BCUT2D eigenvalue weighted by Gasteiger charge is 2.16. The van der Waals surface area contributed by atoms with Crippen LogP contribution in [-0.4, -0.2) is 44.6 Å². The molecule has 0 bridgehead atoms. The number of nitrogens with zero attached hydrogens (tertiary/aromatic N) is 2. The summed E-state index contributed by atoms with van der Waals surface area (Å²) < 4.78 is 0. The number of carbonyl (C=O) groups is 1. The van der Waals surface area contributed by atoms with Gasteiger partial charge in [-0.15, -0.1) is 0 Å². The van der Waals surface area contributed by atoms with E-state index in [0.717, 1.165) is 0 Å². The maximum absolute atomic E-state index is 11.5. The van der Waals surface area contributed by atoms with Gasteiger partial charge in [-0.25, -0.2) is 5.10 Å². The maximum atomic E-state index is 11.5. The molecule has 0 fully saturated rings. The van der Waals surface area contributed by atoms with E-state index < -0.39 is 11.5 Å². The molecule has 0 spiro atoms. The van der Waals surface area contributed by atoms with Crippen molar-refractivity contribution >= 4 is 56.9 Å². The van der Waals surface area contributed by atoms with Crippen molar-refractivity contribution in [3.8, 4) is 0 Å². The number of H-pyrrole nitrogens is 1. The smallest absolute Gasteiger partial charge is 0.290 e. The van der Waals surface area contributed by atoms with Crippen LogP contribution < -0.4 is 27.8 Å². The summed E-state index contributed by atoms with van der Waals surface area (Å²) >= 11 is 0. The Morgan fingerprint density at radius 1 is 1.25 bits per heavy atom. The van der Waals surface area contributed by atoms with Crippen LogP contribution in [0.15, 0.2) is 4.79 Å². The molecule has 3 N–H and O–H groups in total. The van der Waals surface area contributed by atoms with E-state index in [1.54, 1.807) is 0 Å². The summed E-state index contributed by atoms with van der Waals surface area (Å²) in [6, 6.07) is 0. The largest absolute Gasteiger partial charge is 0.364 e. The number of pyridine rings is 1. The van der Waals surface area contributed by atoms with E-state index in [0.29, 0.717) is 0 Å². The van der Waals surface area contributed by atoms with Crippen molar-refractivity contribution in [3.05, 3.63) is 16.0 Å². The Bertz CT molecular complexity index is 715. The molecule has 0 aliphatic rings. The second-order valence-corrected chi connectivity index (χ2v) is 4.02. The van der Waals surface area contributed by atoms with E-state index in [-0.39, 0.29) is 33.1 Å². The molecule has 96 valence electrons. The highest BCUT2D eigenvalue weighted by molar-refractivity contribution is 6.59. The van der Waals surface area contributed by atoms with Gasteiger partial charge in [-0.2, -0.15) is 5.10 Å². The van der Waals surface area contributed by atoms with Gasteiger partial charge >= 0.3 is 0 Å². The molecular formula is C11H11B3N4O2. The van der Waals surface area contributed by atoms with Crippen LogP contribution in [0.4, 0.5) is 0 Å². The summed E-state index contributed by atoms with van der Waals surface area (Å²) in [6.45, 7) is 4.25. The van der Waals surface area contributed by atoms with E-state index in [1.165, 1.54) is 6.42 Å². The standard InChI is InChI=1S/C8H3B3N4O2.C3H8/c9-2-1-4(7(12)16)14-15-8(17)5(1)13-6(11)3(2)10;1-3-2/h(H2,12,16)(H,15,17);3H2,1-2H3. The van der Waals surface area contributed by atoms with Crippen LogP contribution in [0.1, 0.15) is 30.8 Å². The molecule has 2 rings (SSSR count). The minimum atomic E-state index is -0.857. The zero-order valence-corrected chi connectivity index (χ0v) is 11.2. The summed E-state index contributed by atoms with van der Waals surface area (Å²) in [4.78, 5) is 26.4. The van der Waals surface area contributed by atoms with Gasteiger partial charge in [-0.05, 0) is 5.59 Å². The number of fused-ring (bicyclic) bond motifs is 1. The summed E-state index contributed by atoms with van der Waals surface area (Å²) in [5.41, 5.74) is 3.98. The lowest BCUT2D eigenvalue weighted by Gasteiger charge is -2.10. The van der Waals surface area contributed by atoms with Crippen LogP contribution in [0.2, 0.25) is 0 Å². The molecule has 0 aliphatic carbocycles. The fourth-order valence-corrected chi connectivity index (χ4v) is 1.43. The first-order valence-corrected chi connectivity index (χ1v) is 5.87. The Morgan fingerprint density at radius 3 is 2.30 bits per heavy atom. The van der Waals surface area contributed by atoms with E-state index in [9.17, 15) is 9.59 Å². The maximum Gasteiger partial charge on any atom is 0.290 e. The topological polar surface area (TPSA) is 102 Å². The lowest BCUT2D eigenvalue weighted by atomic mass is 9.73. The number of hydrogen-bond acceptors (Lipinski definition) is 4. The highest BCUT2D eigenvalue weighted by atomic mass is 16.1.